The van der Waals surface area contributed by atoms with E-state index in [4.69, 9.17) is 0 Å². The lowest BCUT2D eigenvalue weighted by molar-refractivity contribution is 0.313. The minimum Gasteiger partial charge on any atom is -0.508 e. The summed E-state index contributed by atoms with van der Waals surface area (Å²) >= 11 is 0. The van der Waals surface area contributed by atoms with E-state index in [9.17, 15) is 10.2 Å². The number of rotatable bonds is 4. The topological polar surface area (TPSA) is 77.7 Å². The summed E-state index contributed by atoms with van der Waals surface area (Å²) in [7, 11) is 2.15. The number of aromatic hydroxyl groups is 2. The number of hydrogen-bond acceptors (Lipinski definition) is 6. The smallest absolute Gasteiger partial charge is 0.172 e. The first kappa shape index (κ1) is 20.2. The normalized spacial score (nSPS) is 15.2. The first-order chi connectivity index (χ1) is 14.3. The molecule has 1 saturated heterocycles. The number of phenols is 2. The molecule has 7 nitrogen and oxygen atoms in total. The van der Waals surface area contributed by atoms with Crippen LogP contribution in [0.3, 0.4) is 0 Å². The van der Waals surface area contributed by atoms with Crippen LogP contribution >= 0.6 is 0 Å². The summed E-state index contributed by atoms with van der Waals surface area (Å²) in [6.45, 7) is 10.1. The number of aryl methyl sites for hydroxylation is 1. The fourth-order valence-electron chi connectivity index (χ4n) is 3.96. The van der Waals surface area contributed by atoms with E-state index >= 15 is 0 Å². The van der Waals surface area contributed by atoms with Crippen molar-refractivity contribution in [2.45, 2.75) is 26.7 Å². The van der Waals surface area contributed by atoms with E-state index in [1.807, 2.05) is 25.3 Å². The van der Waals surface area contributed by atoms with Gasteiger partial charge >= 0.3 is 0 Å². The van der Waals surface area contributed by atoms with Crippen molar-refractivity contribution in [1.82, 2.24) is 19.7 Å². The van der Waals surface area contributed by atoms with E-state index in [2.05, 4.69) is 51.3 Å². The Morgan fingerprint density at radius 3 is 2.13 bits per heavy atom. The summed E-state index contributed by atoms with van der Waals surface area (Å²) in [6, 6.07) is 11.6. The van der Waals surface area contributed by atoms with Crippen LogP contribution in [-0.2, 0) is 0 Å². The largest absolute Gasteiger partial charge is 0.508 e. The Morgan fingerprint density at radius 2 is 1.50 bits per heavy atom. The van der Waals surface area contributed by atoms with Gasteiger partial charge in [0.1, 0.15) is 17.3 Å². The maximum absolute atomic E-state index is 10.5. The molecule has 0 radical (unpaired) electrons. The second-order valence-corrected chi connectivity index (χ2v) is 8.30. The monoisotopic (exact) mass is 407 g/mol. The molecule has 0 spiro atoms. The Balaban J connectivity index is 1.71. The molecule has 1 aromatic heterocycles. The molecule has 0 aliphatic carbocycles. The number of anilines is 1. The van der Waals surface area contributed by atoms with Crippen LogP contribution in [0.25, 0.3) is 17.1 Å². The molecule has 1 aliphatic rings. The molecule has 158 valence electrons. The molecule has 2 heterocycles. The Bertz CT molecular complexity index is 1030. The average Bonchev–Trinajstić information content (AvgIpc) is 3.09. The zero-order chi connectivity index (χ0) is 21.4. The van der Waals surface area contributed by atoms with Crippen LogP contribution < -0.4 is 4.90 Å². The lowest BCUT2D eigenvalue weighted by Crippen LogP contribution is -2.44. The third-order valence-corrected chi connectivity index (χ3v) is 5.81. The van der Waals surface area contributed by atoms with Crippen molar-refractivity contribution in [3.8, 4) is 28.6 Å². The second-order valence-electron chi connectivity index (χ2n) is 8.30. The van der Waals surface area contributed by atoms with Gasteiger partial charge in [-0.05, 0) is 55.8 Å². The molecule has 7 heteroatoms. The van der Waals surface area contributed by atoms with Gasteiger partial charge in [-0.2, -0.15) is 0 Å². The first-order valence-corrected chi connectivity index (χ1v) is 10.4. The summed E-state index contributed by atoms with van der Waals surface area (Å²) in [5.41, 5.74) is 3.46. The van der Waals surface area contributed by atoms with Crippen molar-refractivity contribution in [3.05, 3.63) is 47.8 Å². The summed E-state index contributed by atoms with van der Waals surface area (Å²) < 4.78 is 1.93. The molecule has 0 saturated carbocycles. The standard InChI is InChI=1S/C23H29N5O2/c1-15(2)19-13-20(22(30)14-21(19)29)23-25-24-16(3)28(23)18-7-5-17(6-8-18)27-11-9-26(4)10-12-27/h5-8,13-15,29-30H,9-12H2,1-4H3. The predicted molar refractivity (Wildman–Crippen MR) is 119 cm³/mol. The summed E-state index contributed by atoms with van der Waals surface area (Å²) in [4.78, 5) is 4.73. The fourth-order valence-corrected chi connectivity index (χ4v) is 3.96. The quantitative estimate of drug-likeness (QED) is 0.689. The zero-order valence-corrected chi connectivity index (χ0v) is 18.0. The molecule has 3 aromatic rings. The lowest BCUT2D eigenvalue weighted by atomic mass is 9.98. The Hall–Kier alpha value is -3.06. The SMILES string of the molecule is Cc1nnc(-c2cc(C(C)C)c(O)cc2O)n1-c1ccc(N2CCN(C)CC2)cc1. The van der Waals surface area contributed by atoms with E-state index in [1.165, 1.54) is 11.8 Å². The van der Waals surface area contributed by atoms with Gasteiger partial charge in [0.15, 0.2) is 5.82 Å². The number of likely N-dealkylation sites (N-methyl/N-ethyl adjacent to an activating group) is 1. The van der Waals surface area contributed by atoms with Gasteiger partial charge in [0, 0.05) is 43.6 Å². The number of hydrogen-bond donors (Lipinski definition) is 2. The van der Waals surface area contributed by atoms with Crippen molar-refractivity contribution in [1.29, 1.82) is 0 Å². The van der Waals surface area contributed by atoms with Crippen molar-refractivity contribution in [3.63, 3.8) is 0 Å². The van der Waals surface area contributed by atoms with Crippen LogP contribution in [0.2, 0.25) is 0 Å². The maximum Gasteiger partial charge on any atom is 0.172 e. The third kappa shape index (κ3) is 3.73. The van der Waals surface area contributed by atoms with Crippen LogP contribution in [0.4, 0.5) is 5.69 Å². The van der Waals surface area contributed by atoms with Gasteiger partial charge in [0.2, 0.25) is 0 Å². The average molecular weight is 408 g/mol. The van der Waals surface area contributed by atoms with E-state index in [-0.39, 0.29) is 17.4 Å². The highest BCUT2D eigenvalue weighted by atomic mass is 16.3. The van der Waals surface area contributed by atoms with Gasteiger partial charge in [-0.25, -0.2) is 0 Å². The lowest BCUT2D eigenvalue weighted by Gasteiger charge is -2.34. The van der Waals surface area contributed by atoms with Crippen LogP contribution in [0, 0.1) is 6.92 Å². The minimum atomic E-state index is -0.0143. The molecule has 0 atom stereocenters. The number of piperazine rings is 1. The van der Waals surface area contributed by atoms with E-state index < -0.39 is 0 Å². The fraction of sp³-hybridized carbons (Fsp3) is 0.391. The molecule has 2 N–H and O–H groups in total. The van der Waals surface area contributed by atoms with Crippen molar-refractivity contribution in [2.24, 2.45) is 0 Å². The van der Waals surface area contributed by atoms with E-state index in [0.717, 1.165) is 43.3 Å². The molecule has 1 fully saturated rings. The van der Waals surface area contributed by atoms with Gasteiger partial charge in [-0.3, -0.25) is 4.57 Å². The van der Waals surface area contributed by atoms with Crippen molar-refractivity contribution < 1.29 is 10.2 Å². The summed E-state index contributed by atoms with van der Waals surface area (Å²) in [5.74, 6) is 1.48. The molecule has 30 heavy (non-hydrogen) atoms. The Morgan fingerprint density at radius 1 is 0.867 bits per heavy atom. The van der Waals surface area contributed by atoms with Crippen LogP contribution in [0.1, 0.15) is 31.2 Å². The predicted octanol–water partition coefficient (Wildman–Crippen LogP) is 3.53. The Kier molecular flexibility index (Phi) is 5.39. The van der Waals surface area contributed by atoms with Crippen LogP contribution in [0.5, 0.6) is 11.5 Å². The van der Waals surface area contributed by atoms with Gasteiger partial charge in [-0.15, -0.1) is 10.2 Å². The molecule has 0 amide bonds. The first-order valence-electron chi connectivity index (χ1n) is 10.4. The van der Waals surface area contributed by atoms with Gasteiger partial charge in [-0.1, -0.05) is 13.8 Å². The zero-order valence-electron chi connectivity index (χ0n) is 18.0. The van der Waals surface area contributed by atoms with Gasteiger partial charge < -0.3 is 20.0 Å². The van der Waals surface area contributed by atoms with Gasteiger partial charge in [0.05, 0.1) is 5.56 Å². The third-order valence-electron chi connectivity index (χ3n) is 5.81. The highest BCUT2D eigenvalue weighted by Crippen LogP contribution is 2.38. The van der Waals surface area contributed by atoms with Crippen LogP contribution in [-0.4, -0.2) is 63.1 Å². The van der Waals surface area contributed by atoms with Crippen LogP contribution in [0.15, 0.2) is 36.4 Å². The molecule has 1 aliphatic heterocycles. The minimum absolute atomic E-state index is 0.0143. The number of phenolic OH excluding ortho intramolecular Hbond substituents is 2. The molecule has 2 aromatic carbocycles. The molecule has 4 rings (SSSR count). The van der Waals surface area contributed by atoms with Crippen molar-refractivity contribution >= 4 is 5.69 Å². The molecular formula is C23H29N5O2. The van der Waals surface area contributed by atoms with Gasteiger partial charge in [0.25, 0.3) is 0 Å². The Labute approximate surface area is 177 Å². The summed E-state index contributed by atoms with van der Waals surface area (Å²) in [6.07, 6.45) is 0. The molecular weight excluding hydrogens is 378 g/mol. The second kappa shape index (κ2) is 7.99. The summed E-state index contributed by atoms with van der Waals surface area (Å²) in [5, 5.41) is 29.3. The van der Waals surface area contributed by atoms with Crippen molar-refractivity contribution in [2.75, 3.05) is 38.1 Å². The number of benzene rings is 2. The number of aromatic nitrogens is 3. The molecule has 0 unspecified atom stereocenters. The van der Waals surface area contributed by atoms with E-state index in [1.54, 1.807) is 6.07 Å². The van der Waals surface area contributed by atoms with E-state index in [0.29, 0.717) is 11.4 Å². The molecule has 0 bridgehead atoms. The maximum atomic E-state index is 10.5. The highest BCUT2D eigenvalue weighted by Gasteiger charge is 2.20. The highest BCUT2D eigenvalue weighted by molar-refractivity contribution is 5.69. The number of nitrogens with zero attached hydrogens (tertiary/aromatic N) is 5.